The summed E-state index contributed by atoms with van der Waals surface area (Å²) in [5.74, 6) is 0.154. The number of nitrogens with zero attached hydrogens (tertiary/aromatic N) is 2. The number of rotatable bonds is 0. The second-order valence-corrected chi connectivity index (χ2v) is 3.21. The number of amides is 1. The Balaban J connectivity index is 2.84. The van der Waals surface area contributed by atoms with Gasteiger partial charge in [-0.2, -0.15) is 10.3 Å². The fourth-order valence-electron chi connectivity index (χ4n) is 1.43. The molecule has 0 bridgehead atoms. The van der Waals surface area contributed by atoms with Gasteiger partial charge in [0.05, 0.1) is 0 Å². The molecule has 0 radical (unpaired) electrons. The number of furan rings is 1. The Morgan fingerprint density at radius 1 is 1.38 bits per heavy atom. The van der Waals surface area contributed by atoms with Gasteiger partial charge < -0.3 is 4.42 Å². The lowest BCUT2D eigenvalue weighted by Crippen LogP contribution is -2.04. The van der Waals surface area contributed by atoms with Crippen LogP contribution in [0.3, 0.4) is 0 Å². The Morgan fingerprint density at radius 2 is 2.12 bits per heavy atom. The minimum absolute atomic E-state index is 0.0798. The average molecular weight is 212 g/mol. The van der Waals surface area contributed by atoms with Crippen molar-refractivity contribution in [3.63, 3.8) is 0 Å². The predicted octanol–water partition coefficient (Wildman–Crippen LogP) is 1.70. The van der Waals surface area contributed by atoms with E-state index in [0.717, 1.165) is 0 Å². The van der Waals surface area contributed by atoms with E-state index in [1.54, 1.807) is 24.3 Å². The third kappa shape index (κ3) is 1.71. The smallest absolute Gasteiger partial charge is 0.245 e. The summed E-state index contributed by atoms with van der Waals surface area (Å²) in [7, 11) is 0. The van der Waals surface area contributed by atoms with Crippen molar-refractivity contribution >= 4 is 5.91 Å². The molecule has 0 aromatic rings. The van der Waals surface area contributed by atoms with Crippen molar-refractivity contribution in [2.75, 3.05) is 0 Å². The minimum atomic E-state index is -0.389. The van der Waals surface area contributed by atoms with Crippen LogP contribution in [0, 0.1) is 11.3 Å². The largest absolute Gasteiger partial charge is 0.437 e. The van der Waals surface area contributed by atoms with E-state index >= 15 is 0 Å². The van der Waals surface area contributed by atoms with Crippen LogP contribution in [-0.2, 0) is 4.79 Å². The van der Waals surface area contributed by atoms with Gasteiger partial charge in [-0.3, -0.25) is 4.79 Å². The van der Waals surface area contributed by atoms with E-state index in [0.29, 0.717) is 16.9 Å². The summed E-state index contributed by atoms with van der Waals surface area (Å²) in [4.78, 5) is 14.5. The zero-order valence-electron chi connectivity index (χ0n) is 8.60. The molecule has 1 heterocycles. The number of carbonyl (C=O) groups excluding carboxylic acids is 1. The number of carbonyl (C=O) groups is 1. The van der Waals surface area contributed by atoms with Crippen LogP contribution in [0.2, 0.25) is 0 Å². The maximum Gasteiger partial charge on any atom is 0.245 e. The van der Waals surface area contributed by atoms with Crippen molar-refractivity contribution in [1.29, 1.82) is 5.26 Å². The third-order valence-corrected chi connectivity index (χ3v) is 2.06. The Morgan fingerprint density at radius 3 is 2.81 bits per heavy atom. The fraction of sp³-hybridized carbons (Fsp3) is 0.0833. The van der Waals surface area contributed by atoms with Crippen LogP contribution >= 0.6 is 0 Å². The van der Waals surface area contributed by atoms with Gasteiger partial charge >= 0.3 is 0 Å². The highest BCUT2D eigenvalue weighted by Gasteiger charge is 2.14. The Kier molecular flexibility index (Phi) is 2.52. The molecule has 0 spiro atoms. The van der Waals surface area contributed by atoms with Gasteiger partial charge in [0.15, 0.2) is 0 Å². The minimum Gasteiger partial charge on any atom is -0.437 e. The van der Waals surface area contributed by atoms with Crippen molar-refractivity contribution in [2.45, 2.75) is 6.92 Å². The molecule has 0 saturated heterocycles. The van der Waals surface area contributed by atoms with Gasteiger partial charge in [-0.15, -0.1) is 0 Å². The van der Waals surface area contributed by atoms with E-state index in [9.17, 15) is 4.79 Å². The van der Waals surface area contributed by atoms with Crippen molar-refractivity contribution in [3.8, 4) is 17.4 Å². The molecule has 0 aromatic heterocycles. The molecule has 0 fully saturated rings. The summed E-state index contributed by atoms with van der Waals surface area (Å²) >= 11 is 0. The van der Waals surface area contributed by atoms with Gasteiger partial charge in [-0.1, -0.05) is 18.2 Å². The fourth-order valence-corrected chi connectivity index (χ4v) is 1.43. The molecular formula is C12H8N2O2. The molecule has 78 valence electrons. The first kappa shape index (κ1) is 10.1. The number of hydrogen-bond acceptors (Lipinski definition) is 3. The van der Waals surface area contributed by atoms with Crippen LogP contribution in [0.1, 0.15) is 12.5 Å². The van der Waals surface area contributed by atoms with Crippen LogP contribution in [0.15, 0.2) is 39.7 Å². The van der Waals surface area contributed by atoms with E-state index in [4.69, 9.17) is 9.68 Å². The summed E-state index contributed by atoms with van der Waals surface area (Å²) in [6.07, 6.45) is 0. The van der Waals surface area contributed by atoms with Gasteiger partial charge in [-0.25, -0.2) is 0 Å². The highest BCUT2D eigenvalue weighted by molar-refractivity contribution is 5.75. The van der Waals surface area contributed by atoms with Crippen molar-refractivity contribution < 1.29 is 9.21 Å². The molecule has 4 nitrogen and oxygen atoms in total. The monoisotopic (exact) mass is 212 g/mol. The number of hydrogen-bond donors (Lipinski definition) is 0. The van der Waals surface area contributed by atoms with Crippen LogP contribution in [-0.4, -0.2) is 5.91 Å². The first-order chi connectivity index (χ1) is 7.72. The molecule has 1 aliphatic heterocycles. The summed E-state index contributed by atoms with van der Waals surface area (Å²) in [6, 6.07) is 10.9. The lowest BCUT2D eigenvalue weighted by molar-refractivity contribution is -0.116. The van der Waals surface area contributed by atoms with E-state index in [2.05, 4.69) is 4.99 Å². The molecule has 4 heteroatoms. The average Bonchev–Trinajstić information content (AvgIpc) is 2.42. The van der Waals surface area contributed by atoms with Gasteiger partial charge in [0.2, 0.25) is 11.5 Å². The van der Waals surface area contributed by atoms with E-state index in [1.807, 2.05) is 12.1 Å². The van der Waals surface area contributed by atoms with Gasteiger partial charge in [0, 0.05) is 12.5 Å². The van der Waals surface area contributed by atoms with Crippen LogP contribution < -0.4 is 5.55 Å². The summed E-state index contributed by atoms with van der Waals surface area (Å²) in [5, 5.41) is 9.02. The van der Waals surface area contributed by atoms with E-state index < -0.39 is 0 Å². The normalized spacial score (nSPS) is 11.4. The first-order valence-electron chi connectivity index (χ1n) is 4.69. The number of fused-ring (bicyclic) bond motifs is 1. The predicted molar refractivity (Wildman–Crippen MR) is 56.3 cm³/mol. The van der Waals surface area contributed by atoms with Crippen LogP contribution in [0.4, 0.5) is 0 Å². The lowest BCUT2D eigenvalue weighted by Gasteiger charge is -1.85. The van der Waals surface area contributed by atoms with Gasteiger partial charge in [0.25, 0.3) is 0 Å². The SMILES string of the molecule is CC(=O)N=c1oc2cccccc-2c1C#N. The van der Waals surface area contributed by atoms with Crippen molar-refractivity contribution in [1.82, 2.24) is 0 Å². The zero-order valence-corrected chi connectivity index (χ0v) is 8.60. The van der Waals surface area contributed by atoms with Crippen LogP contribution in [0.25, 0.3) is 11.3 Å². The highest BCUT2D eigenvalue weighted by atomic mass is 16.3. The summed E-state index contributed by atoms with van der Waals surface area (Å²) in [5.41, 5.74) is 1.03. The third-order valence-electron chi connectivity index (χ3n) is 2.06. The Labute approximate surface area is 91.8 Å². The molecule has 1 aliphatic carbocycles. The van der Waals surface area contributed by atoms with Crippen molar-refractivity contribution in [2.24, 2.45) is 4.99 Å². The first-order valence-corrected chi connectivity index (χ1v) is 4.69. The van der Waals surface area contributed by atoms with E-state index in [-0.39, 0.29) is 11.5 Å². The molecule has 0 atom stereocenters. The second kappa shape index (κ2) is 3.99. The molecule has 0 saturated carbocycles. The highest BCUT2D eigenvalue weighted by Crippen LogP contribution is 2.22. The molecule has 2 aliphatic rings. The Hall–Kier alpha value is -2.41. The molecule has 0 aromatic carbocycles. The summed E-state index contributed by atoms with van der Waals surface area (Å²) < 4.78 is 5.35. The Bertz CT molecular complexity index is 620. The zero-order chi connectivity index (χ0) is 11.5. The topological polar surface area (TPSA) is 66.4 Å². The molecule has 0 unspecified atom stereocenters. The van der Waals surface area contributed by atoms with Gasteiger partial charge in [0.1, 0.15) is 17.4 Å². The molecule has 1 amide bonds. The summed E-state index contributed by atoms with van der Waals surface area (Å²) in [6.45, 7) is 1.31. The molecular weight excluding hydrogens is 204 g/mol. The number of nitriles is 1. The standard InChI is InChI=1S/C12H8N2O2/c1-8(15)14-12-10(7-13)9-5-3-2-4-6-11(9)16-12/h2-6H,1H3. The molecule has 0 N–H and O–H groups in total. The maximum absolute atomic E-state index is 10.9. The lowest BCUT2D eigenvalue weighted by atomic mass is 10.1. The molecule has 2 rings (SSSR count). The quantitative estimate of drug-likeness (QED) is 0.667. The van der Waals surface area contributed by atoms with E-state index in [1.165, 1.54) is 6.92 Å². The van der Waals surface area contributed by atoms with Gasteiger partial charge in [-0.05, 0) is 12.1 Å². The van der Waals surface area contributed by atoms with Crippen LogP contribution in [0.5, 0.6) is 0 Å². The van der Waals surface area contributed by atoms with Crippen molar-refractivity contribution in [3.05, 3.63) is 41.4 Å². The maximum atomic E-state index is 10.9. The second-order valence-electron chi connectivity index (χ2n) is 3.21. The molecule has 16 heavy (non-hydrogen) atoms.